The van der Waals surface area contributed by atoms with E-state index in [0.29, 0.717) is 17.6 Å². The van der Waals surface area contributed by atoms with Gasteiger partial charge in [-0.3, -0.25) is 0 Å². The number of aliphatic hydroxyl groups is 1. The molecule has 4 nitrogen and oxygen atoms in total. The summed E-state index contributed by atoms with van der Waals surface area (Å²) >= 11 is 0. The van der Waals surface area contributed by atoms with Crippen molar-refractivity contribution in [2.75, 3.05) is 11.9 Å². The zero-order chi connectivity index (χ0) is 18.5. The minimum absolute atomic E-state index is 0.0871. The Kier molecular flexibility index (Phi) is 3.71. The zero-order valence-corrected chi connectivity index (χ0v) is 15.0. The van der Waals surface area contributed by atoms with Gasteiger partial charge in [0.15, 0.2) is 11.6 Å². The van der Waals surface area contributed by atoms with Gasteiger partial charge in [-0.25, -0.2) is 13.5 Å². The Morgan fingerprint density at radius 1 is 1.15 bits per heavy atom. The molecule has 3 heterocycles. The van der Waals surface area contributed by atoms with Gasteiger partial charge in [-0.15, -0.1) is 0 Å². The second-order valence-electron chi connectivity index (χ2n) is 6.35. The van der Waals surface area contributed by atoms with Crippen LogP contribution in [0.25, 0.3) is 33.2 Å². The largest absolute Gasteiger partial charge is 0.396 e. The molecule has 0 amide bonds. The van der Waals surface area contributed by atoms with Crippen LogP contribution in [0.4, 0.5) is 14.2 Å². The molecule has 2 aromatic heterocycles. The quantitative estimate of drug-likeness (QED) is 0.527. The van der Waals surface area contributed by atoms with Crippen LogP contribution >= 0.6 is 8.19 Å². The minimum atomic E-state index is -0.657. The third kappa shape index (κ3) is 2.45. The van der Waals surface area contributed by atoms with E-state index >= 15 is 0 Å². The number of hydrogen-bond acceptors (Lipinski definition) is 3. The van der Waals surface area contributed by atoms with Crippen LogP contribution in [0.2, 0.25) is 0 Å². The molecule has 27 heavy (non-hydrogen) atoms. The van der Waals surface area contributed by atoms with E-state index in [1.165, 1.54) is 22.9 Å². The van der Waals surface area contributed by atoms with E-state index in [4.69, 9.17) is 0 Å². The van der Waals surface area contributed by atoms with Crippen molar-refractivity contribution in [3.63, 3.8) is 0 Å². The first-order chi connectivity index (χ1) is 13.2. The normalized spacial score (nSPS) is 13.0. The van der Waals surface area contributed by atoms with Crippen LogP contribution < -0.4 is 5.32 Å². The maximum atomic E-state index is 14.4. The molecule has 0 fully saturated rings. The molecule has 0 radical (unpaired) electrons. The van der Waals surface area contributed by atoms with Gasteiger partial charge in [-0.1, -0.05) is 18.2 Å². The van der Waals surface area contributed by atoms with Crippen LogP contribution in [-0.2, 0) is 6.42 Å². The molecule has 7 heteroatoms. The van der Waals surface area contributed by atoms with Crippen molar-refractivity contribution in [1.29, 1.82) is 0 Å². The topological polar surface area (TPSA) is 50.1 Å². The lowest BCUT2D eigenvalue weighted by molar-refractivity contribution is 0.299. The van der Waals surface area contributed by atoms with E-state index < -0.39 is 11.6 Å². The summed E-state index contributed by atoms with van der Waals surface area (Å²) in [7, 11) is 0.965. The number of nitrogens with zero attached hydrogens (tertiary/aromatic N) is 2. The third-order valence-electron chi connectivity index (χ3n) is 4.72. The van der Waals surface area contributed by atoms with Crippen molar-refractivity contribution in [2.45, 2.75) is 6.42 Å². The highest BCUT2D eigenvalue weighted by Gasteiger charge is 2.23. The zero-order valence-electron chi connectivity index (χ0n) is 14.1. The number of para-hydroxylation sites is 1. The van der Waals surface area contributed by atoms with Gasteiger partial charge in [0.1, 0.15) is 11.2 Å². The van der Waals surface area contributed by atoms with Gasteiger partial charge in [-0.2, -0.15) is 5.10 Å². The number of aromatic nitrogens is 2. The van der Waals surface area contributed by atoms with Crippen molar-refractivity contribution in [2.24, 2.45) is 0 Å². The molecule has 2 aromatic carbocycles. The molecular formula is C20H14F2N3OP. The molecule has 4 aromatic rings. The first-order valence-electron chi connectivity index (χ1n) is 8.51. The summed E-state index contributed by atoms with van der Waals surface area (Å²) < 4.78 is 30.1. The molecule has 2 N–H and O–H groups in total. The molecular weight excluding hydrogens is 367 g/mol. The fourth-order valence-corrected chi connectivity index (χ4v) is 4.75. The molecule has 1 aliphatic heterocycles. The molecule has 0 bridgehead atoms. The number of rotatable bonds is 3. The van der Waals surface area contributed by atoms with Gasteiger partial charge < -0.3 is 10.4 Å². The lowest BCUT2D eigenvalue weighted by Gasteiger charge is -2.12. The maximum Gasteiger partial charge on any atom is 0.151 e. The summed E-state index contributed by atoms with van der Waals surface area (Å²) in [4.78, 5) is 0. The lowest BCUT2D eigenvalue weighted by atomic mass is 10.1. The Labute approximate surface area is 154 Å². The predicted molar refractivity (Wildman–Crippen MR) is 104 cm³/mol. The van der Waals surface area contributed by atoms with Crippen LogP contribution in [0.1, 0.15) is 11.3 Å². The highest BCUT2D eigenvalue weighted by atomic mass is 31.0. The molecule has 0 saturated heterocycles. The van der Waals surface area contributed by atoms with Crippen molar-refractivity contribution >= 4 is 41.1 Å². The molecule has 0 spiro atoms. The number of hydrogen-bond donors (Lipinski definition) is 2. The SMILES string of the molecule is OCCc1ccc2c(c1)pc1c3c(n(-c4c(F)cccc4F)nc32)C=CN1. The standard InChI is InChI=1S/C20H14F2N3OP/c21-13-2-1-3-14(22)19(13)25-15-6-8-23-20-17(15)18(24-25)12-5-4-11(7-9-26)10-16(12)27-20/h1-6,8,10,23,26H,7,9H2. The fraction of sp³-hybridized carbons (Fsp3) is 0.100. The van der Waals surface area contributed by atoms with Gasteiger partial charge in [0.05, 0.1) is 16.5 Å². The Hall–Kier alpha value is -2.82. The Morgan fingerprint density at radius 3 is 2.74 bits per heavy atom. The summed E-state index contributed by atoms with van der Waals surface area (Å²) in [6.45, 7) is 0.0871. The van der Waals surface area contributed by atoms with Gasteiger partial charge in [0.25, 0.3) is 0 Å². The smallest absolute Gasteiger partial charge is 0.151 e. The lowest BCUT2D eigenvalue weighted by Crippen LogP contribution is -2.06. The number of anilines is 1. The fourth-order valence-electron chi connectivity index (χ4n) is 3.50. The molecule has 0 aliphatic carbocycles. The van der Waals surface area contributed by atoms with E-state index in [9.17, 15) is 13.9 Å². The molecule has 1 aliphatic rings. The molecule has 0 unspecified atom stereocenters. The third-order valence-corrected chi connectivity index (χ3v) is 5.91. The van der Waals surface area contributed by atoms with Crippen LogP contribution in [0.5, 0.6) is 0 Å². The minimum Gasteiger partial charge on any atom is -0.396 e. The van der Waals surface area contributed by atoms with E-state index in [1.54, 1.807) is 12.3 Å². The highest BCUT2D eigenvalue weighted by molar-refractivity contribution is 7.41. The average Bonchev–Trinajstić information content (AvgIpc) is 3.03. The van der Waals surface area contributed by atoms with Crippen molar-refractivity contribution < 1.29 is 13.9 Å². The number of halogens is 2. The number of benzene rings is 2. The Morgan fingerprint density at radius 2 is 1.96 bits per heavy atom. The van der Waals surface area contributed by atoms with Gasteiger partial charge in [-0.05, 0) is 44.5 Å². The first kappa shape index (κ1) is 16.4. The van der Waals surface area contributed by atoms with Gasteiger partial charge >= 0.3 is 0 Å². The van der Waals surface area contributed by atoms with Crippen LogP contribution in [0, 0.1) is 11.6 Å². The molecule has 134 valence electrons. The number of aliphatic hydroxyl groups excluding tert-OH is 1. The van der Waals surface area contributed by atoms with E-state index in [1.807, 2.05) is 18.2 Å². The average molecular weight is 381 g/mol. The number of fused-ring (bicyclic) bond motifs is 2. The summed E-state index contributed by atoms with van der Waals surface area (Å²) in [5.41, 5.74) is 3.14. The van der Waals surface area contributed by atoms with Gasteiger partial charge in [0.2, 0.25) is 0 Å². The monoisotopic (exact) mass is 381 g/mol. The van der Waals surface area contributed by atoms with E-state index in [2.05, 4.69) is 10.4 Å². The Bertz CT molecular complexity index is 1230. The maximum absolute atomic E-state index is 14.4. The Balaban J connectivity index is 1.87. The van der Waals surface area contributed by atoms with Crippen LogP contribution in [0.15, 0.2) is 42.6 Å². The van der Waals surface area contributed by atoms with Crippen molar-refractivity contribution in [3.8, 4) is 5.69 Å². The highest BCUT2D eigenvalue weighted by Crippen LogP contribution is 2.44. The van der Waals surface area contributed by atoms with Crippen LogP contribution in [-0.4, -0.2) is 21.5 Å². The summed E-state index contributed by atoms with van der Waals surface area (Å²) in [5.74, 6) is -1.31. The molecule has 5 rings (SSSR count). The number of nitrogens with one attached hydrogen (secondary N) is 1. The summed E-state index contributed by atoms with van der Waals surface area (Å²) in [6, 6.07) is 9.77. The predicted octanol–water partition coefficient (Wildman–Crippen LogP) is 4.97. The summed E-state index contributed by atoms with van der Waals surface area (Å²) in [6.07, 6.45) is 4.12. The first-order valence-corrected chi connectivity index (χ1v) is 9.40. The summed E-state index contributed by atoms with van der Waals surface area (Å²) in [5, 5.41) is 19.9. The van der Waals surface area contributed by atoms with Gasteiger partial charge in [0, 0.05) is 23.3 Å². The molecule has 0 atom stereocenters. The second kappa shape index (κ2) is 6.12. The van der Waals surface area contributed by atoms with Crippen molar-refractivity contribution in [1.82, 2.24) is 9.78 Å². The van der Waals surface area contributed by atoms with E-state index in [-0.39, 0.29) is 12.3 Å². The van der Waals surface area contributed by atoms with Crippen LogP contribution in [0.3, 0.4) is 0 Å². The molecule has 0 saturated carbocycles. The van der Waals surface area contributed by atoms with Crippen molar-refractivity contribution in [3.05, 3.63) is 65.5 Å². The second-order valence-corrected chi connectivity index (χ2v) is 7.51. The van der Waals surface area contributed by atoms with E-state index in [0.717, 1.165) is 35.1 Å².